The molecule has 4 nitrogen and oxygen atoms in total. The summed E-state index contributed by atoms with van der Waals surface area (Å²) in [5.41, 5.74) is 0.598. The van der Waals surface area contributed by atoms with Gasteiger partial charge in [-0.05, 0) is 18.5 Å². The Morgan fingerprint density at radius 2 is 1.82 bits per heavy atom. The largest absolute Gasteiger partial charge is 0.352 e. The molecule has 90 valence electrons. The van der Waals surface area contributed by atoms with Gasteiger partial charge in [0.2, 0.25) is 0 Å². The van der Waals surface area contributed by atoms with Crippen LogP contribution in [0.4, 0.5) is 9.59 Å². The molecule has 0 aliphatic rings. The second-order valence-corrected chi connectivity index (χ2v) is 3.73. The molecule has 0 aliphatic heterocycles. The zero-order chi connectivity index (χ0) is 12.8. The first-order chi connectivity index (χ1) is 8.06. The third-order valence-corrected chi connectivity index (χ3v) is 2.47. The Morgan fingerprint density at radius 3 is 2.29 bits per heavy atom. The van der Waals surface area contributed by atoms with Crippen LogP contribution < -0.4 is 0 Å². The van der Waals surface area contributed by atoms with Crippen molar-refractivity contribution in [3.05, 3.63) is 35.9 Å². The van der Waals surface area contributed by atoms with Crippen molar-refractivity contribution < 1.29 is 9.59 Å². The molecule has 0 aliphatic carbocycles. The van der Waals surface area contributed by atoms with Crippen molar-refractivity contribution in [2.75, 3.05) is 6.54 Å². The Balaban J connectivity index is 2.89. The van der Waals surface area contributed by atoms with E-state index in [1.165, 1.54) is 0 Å². The molecule has 0 unspecified atom stereocenters. The molecule has 0 saturated heterocycles. The molecular formula is C11H10Cl2N2O2. The molecule has 0 N–H and O–H groups in total. The fourth-order valence-electron chi connectivity index (χ4n) is 1.12. The first-order valence-electron chi connectivity index (χ1n) is 4.86. The summed E-state index contributed by atoms with van der Waals surface area (Å²) in [7, 11) is 0. The summed E-state index contributed by atoms with van der Waals surface area (Å²) in [4.78, 5) is 26.8. The summed E-state index contributed by atoms with van der Waals surface area (Å²) >= 11 is 11.1. The fourth-order valence-corrected chi connectivity index (χ4v) is 1.51. The lowest BCUT2D eigenvalue weighted by molar-refractivity contribution is 0.208. The van der Waals surface area contributed by atoms with Gasteiger partial charge in [0, 0.05) is 12.1 Å². The van der Waals surface area contributed by atoms with Gasteiger partial charge in [-0.25, -0.2) is 9.69 Å². The minimum atomic E-state index is -0.876. The maximum Gasteiger partial charge on any atom is 0.352 e. The van der Waals surface area contributed by atoms with Gasteiger partial charge < -0.3 is 0 Å². The van der Waals surface area contributed by atoms with E-state index in [2.05, 4.69) is 4.99 Å². The van der Waals surface area contributed by atoms with Gasteiger partial charge in [0.25, 0.3) is 0 Å². The van der Waals surface area contributed by atoms with Crippen LogP contribution >= 0.6 is 23.2 Å². The number of carbonyl (C=O) groups is 2. The average molecular weight is 273 g/mol. The van der Waals surface area contributed by atoms with Gasteiger partial charge in [-0.1, -0.05) is 41.9 Å². The van der Waals surface area contributed by atoms with Crippen LogP contribution in [0.5, 0.6) is 0 Å². The van der Waals surface area contributed by atoms with Gasteiger partial charge in [0.1, 0.15) is 5.17 Å². The molecule has 0 saturated carbocycles. The van der Waals surface area contributed by atoms with Crippen LogP contribution in [0.1, 0.15) is 12.5 Å². The SMILES string of the molecule is CCN(C(=O)Cl)C(=O)/N=C(\Cl)c1ccccc1. The number of halogens is 2. The summed E-state index contributed by atoms with van der Waals surface area (Å²) < 4.78 is 0. The predicted molar refractivity (Wildman–Crippen MR) is 67.9 cm³/mol. The molecule has 0 spiro atoms. The van der Waals surface area contributed by atoms with Gasteiger partial charge in [-0.15, -0.1) is 0 Å². The fraction of sp³-hybridized carbons (Fsp3) is 0.182. The topological polar surface area (TPSA) is 49.7 Å². The summed E-state index contributed by atoms with van der Waals surface area (Å²) in [5, 5.41) is -0.856. The van der Waals surface area contributed by atoms with E-state index in [4.69, 9.17) is 23.2 Å². The minimum Gasteiger partial charge on any atom is -0.255 e. The van der Waals surface area contributed by atoms with Crippen molar-refractivity contribution >= 4 is 39.8 Å². The van der Waals surface area contributed by atoms with Crippen molar-refractivity contribution in [1.82, 2.24) is 4.90 Å². The van der Waals surface area contributed by atoms with E-state index in [9.17, 15) is 9.59 Å². The quantitative estimate of drug-likeness (QED) is 0.470. The van der Waals surface area contributed by atoms with Crippen molar-refractivity contribution in [2.24, 2.45) is 4.99 Å². The third-order valence-electron chi connectivity index (χ3n) is 1.97. The number of rotatable bonds is 2. The van der Waals surface area contributed by atoms with Crippen molar-refractivity contribution in [3.8, 4) is 0 Å². The number of amides is 3. The summed E-state index contributed by atoms with van der Waals surface area (Å²) in [6.07, 6.45) is 0. The van der Waals surface area contributed by atoms with Gasteiger partial charge >= 0.3 is 11.4 Å². The highest BCUT2D eigenvalue weighted by atomic mass is 35.5. The first kappa shape index (κ1) is 13.7. The maximum atomic E-state index is 11.5. The number of hydrogen-bond acceptors (Lipinski definition) is 2. The van der Waals surface area contributed by atoms with Crippen LogP contribution in [0, 0.1) is 0 Å². The van der Waals surface area contributed by atoms with Crippen LogP contribution in [0.15, 0.2) is 35.3 Å². The van der Waals surface area contributed by atoms with Crippen molar-refractivity contribution in [1.29, 1.82) is 0 Å². The van der Waals surface area contributed by atoms with Crippen molar-refractivity contribution in [3.63, 3.8) is 0 Å². The average Bonchev–Trinajstić information content (AvgIpc) is 2.30. The highest BCUT2D eigenvalue weighted by Crippen LogP contribution is 2.07. The van der Waals surface area contributed by atoms with Crippen LogP contribution in [-0.4, -0.2) is 28.0 Å². The molecule has 0 radical (unpaired) electrons. The molecule has 3 amide bonds. The molecule has 0 aromatic heterocycles. The summed E-state index contributed by atoms with van der Waals surface area (Å²) in [6, 6.07) is 7.98. The molecule has 1 aromatic carbocycles. The van der Waals surface area contributed by atoms with E-state index in [0.717, 1.165) is 4.90 Å². The third kappa shape index (κ3) is 3.84. The number of nitrogens with zero attached hydrogens (tertiary/aromatic N) is 2. The highest BCUT2D eigenvalue weighted by molar-refractivity contribution is 6.70. The van der Waals surface area contributed by atoms with Gasteiger partial charge in [0.05, 0.1) is 0 Å². The second kappa shape index (κ2) is 6.37. The predicted octanol–water partition coefficient (Wildman–Crippen LogP) is 3.47. The van der Waals surface area contributed by atoms with E-state index < -0.39 is 11.4 Å². The van der Waals surface area contributed by atoms with Crippen LogP contribution in [-0.2, 0) is 0 Å². The van der Waals surface area contributed by atoms with E-state index >= 15 is 0 Å². The van der Waals surface area contributed by atoms with Gasteiger partial charge in [-0.2, -0.15) is 4.99 Å². The normalized spacial score (nSPS) is 11.1. The Kier molecular flexibility index (Phi) is 5.12. The lowest BCUT2D eigenvalue weighted by atomic mass is 10.2. The number of aliphatic imine (C=N–C) groups is 1. The zero-order valence-electron chi connectivity index (χ0n) is 9.06. The molecule has 0 fully saturated rings. The molecular weight excluding hydrogens is 263 g/mol. The molecule has 0 atom stereocenters. The first-order valence-corrected chi connectivity index (χ1v) is 5.62. The maximum absolute atomic E-state index is 11.5. The van der Waals surface area contributed by atoms with Crippen molar-refractivity contribution in [2.45, 2.75) is 6.92 Å². The Morgan fingerprint density at radius 1 is 1.24 bits per heavy atom. The summed E-state index contributed by atoms with van der Waals surface area (Å²) in [5.74, 6) is 0. The molecule has 0 heterocycles. The highest BCUT2D eigenvalue weighted by Gasteiger charge is 2.17. The summed E-state index contributed by atoms with van der Waals surface area (Å²) in [6.45, 7) is 1.76. The lowest BCUT2D eigenvalue weighted by Gasteiger charge is -2.11. The van der Waals surface area contributed by atoms with E-state index in [-0.39, 0.29) is 11.7 Å². The van der Waals surface area contributed by atoms with Gasteiger partial charge in [0.15, 0.2) is 0 Å². The molecule has 17 heavy (non-hydrogen) atoms. The Hall–Kier alpha value is -1.39. The number of hydrogen-bond donors (Lipinski definition) is 0. The Bertz CT molecular complexity index is 446. The number of benzene rings is 1. The van der Waals surface area contributed by atoms with Crippen LogP contribution in [0.2, 0.25) is 0 Å². The molecule has 0 bridgehead atoms. The molecule has 1 aromatic rings. The molecule has 6 heteroatoms. The lowest BCUT2D eigenvalue weighted by Crippen LogP contribution is -2.30. The van der Waals surface area contributed by atoms with E-state index in [1.807, 2.05) is 6.07 Å². The Labute approximate surface area is 109 Å². The van der Waals surface area contributed by atoms with Crippen LogP contribution in [0.3, 0.4) is 0 Å². The zero-order valence-corrected chi connectivity index (χ0v) is 10.6. The van der Waals surface area contributed by atoms with Gasteiger partial charge in [-0.3, -0.25) is 4.79 Å². The van der Waals surface area contributed by atoms with E-state index in [1.54, 1.807) is 31.2 Å². The number of carbonyl (C=O) groups excluding carboxylic acids is 2. The smallest absolute Gasteiger partial charge is 0.255 e. The monoisotopic (exact) mass is 272 g/mol. The second-order valence-electron chi connectivity index (χ2n) is 3.05. The minimum absolute atomic E-state index is 0.0203. The number of urea groups is 1. The van der Waals surface area contributed by atoms with Crippen LogP contribution in [0.25, 0.3) is 0 Å². The molecule has 1 rings (SSSR count). The number of imide groups is 1. The standard InChI is InChI=1S/C11H10Cl2N2O2/c1-2-15(10(13)16)11(17)14-9(12)8-6-4-3-5-7-8/h3-7H,2H2,1H3/b14-9-. The van der Waals surface area contributed by atoms with E-state index in [0.29, 0.717) is 5.56 Å².